The summed E-state index contributed by atoms with van der Waals surface area (Å²) < 4.78 is 6.46. The topological polar surface area (TPSA) is 99.4 Å². The number of halogens is 1. The molecule has 2 N–H and O–H groups in total. The molecule has 0 saturated heterocycles. The molecule has 0 aliphatic heterocycles. The first-order valence-corrected chi connectivity index (χ1v) is 10.8. The molecule has 0 atom stereocenters. The van der Waals surface area contributed by atoms with Gasteiger partial charge in [0.2, 0.25) is 0 Å². The molecule has 33 heavy (non-hydrogen) atoms. The average molecular weight is 505 g/mol. The fourth-order valence-electron chi connectivity index (χ4n) is 3.02. The summed E-state index contributed by atoms with van der Waals surface area (Å²) in [5.41, 5.74) is 4.35. The van der Waals surface area contributed by atoms with E-state index in [2.05, 4.69) is 21.2 Å². The van der Waals surface area contributed by atoms with Crippen LogP contribution < -0.4 is 10.1 Å². The van der Waals surface area contributed by atoms with E-state index in [4.69, 9.17) is 9.84 Å². The Hall–Kier alpha value is -3.89. The van der Waals surface area contributed by atoms with Gasteiger partial charge in [-0.3, -0.25) is 4.79 Å². The van der Waals surface area contributed by atoms with Crippen LogP contribution >= 0.6 is 15.9 Å². The number of carboxylic acids is 1. The van der Waals surface area contributed by atoms with Crippen molar-refractivity contribution in [2.45, 2.75) is 20.5 Å². The molecule has 0 unspecified atom stereocenters. The Morgan fingerprint density at radius 3 is 2.48 bits per heavy atom. The summed E-state index contributed by atoms with van der Waals surface area (Å²) in [5, 5.41) is 21.3. The van der Waals surface area contributed by atoms with Crippen molar-refractivity contribution >= 4 is 39.6 Å². The Morgan fingerprint density at radius 1 is 1.12 bits per heavy atom. The second kappa shape index (κ2) is 10.6. The van der Waals surface area contributed by atoms with E-state index in [1.54, 1.807) is 36.4 Å². The molecule has 3 rings (SSSR count). The number of nitrogens with zero attached hydrogens (tertiary/aromatic N) is 1. The summed E-state index contributed by atoms with van der Waals surface area (Å²) >= 11 is 3.46. The van der Waals surface area contributed by atoms with Crippen molar-refractivity contribution in [2.24, 2.45) is 0 Å². The fourth-order valence-corrected chi connectivity index (χ4v) is 3.53. The first kappa shape index (κ1) is 23.8. The monoisotopic (exact) mass is 504 g/mol. The predicted octanol–water partition coefficient (Wildman–Crippen LogP) is 5.89. The number of hydrogen-bond acceptors (Lipinski definition) is 4. The number of aryl methyl sites for hydroxylation is 1. The van der Waals surface area contributed by atoms with Crippen molar-refractivity contribution in [1.29, 1.82) is 5.26 Å². The van der Waals surface area contributed by atoms with Gasteiger partial charge in [-0.25, -0.2) is 4.79 Å². The normalized spacial score (nSPS) is 10.9. The lowest BCUT2D eigenvalue weighted by atomic mass is 10.1. The van der Waals surface area contributed by atoms with Crippen LogP contribution in [0.25, 0.3) is 6.08 Å². The minimum atomic E-state index is -0.978. The quantitative estimate of drug-likeness (QED) is 0.308. The Kier molecular flexibility index (Phi) is 7.65. The standard InChI is InChI=1S/C26H21BrN2O4/c1-16-4-3-5-23(17(16)2)29-25(30)21(14-28)12-19-8-11-24(22(27)13-19)33-15-18-6-9-20(10-7-18)26(31)32/h3-13H,15H2,1-2H3,(H,29,30)(H,31,32)/b21-12+. The molecule has 3 aromatic rings. The van der Waals surface area contributed by atoms with Crippen molar-refractivity contribution in [3.63, 3.8) is 0 Å². The number of hydrogen-bond donors (Lipinski definition) is 2. The van der Waals surface area contributed by atoms with Gasteiger partial charge in [-0.05, 0) is 88.4 Å². The molecule has 6 nitrogen and oxygen atoms in total. The molecule has 0 heterocycles. The number of ether oxygens (including phenoxy) is 1. The van der Waals surface area contributed by atoms with Crippen LogP contribution in [-0.4, -0.2) is 17.0 Å². The number of aromatic carboxylic acids is 1. The third kappa shape index (κ3) is 6.09. The van der Waals surface area contributed by atoms with Crippen molar-refractivity contribution in [1.82, 2.24) is 0 Å². The number of carboxylic acid groups (broad SMARTS) is 1. The lowest BCUT2D eigenvalue weighted by Crippen LogP contribution is -2.14. The number of nitriles is 1. The molecule has 166 valence electrons. The van der Waals surface area contributed by atoms with Gasteiger partial charge in [0.25, 0.3) is 5.91 Å². The highest BCUT2D eigenvalue weighted by molar-refractivity contribution is 9.10. The highest BCUT2D eigenvalue weighted by Gasteiger charge is 2.12. The van der Waals surface area contributed by atoms with Crippen LogP contribution in [0.4, 0.5) is 5.69 Å². The van der Waals surface area contributed by atoms with E-state index in [1.807, 2.05) is 32.0 Å². The number of carbonyl (C=O) groups is 2. The van der Waals surface area contributed by atoms with Gasteiger partial charge in [-0.2, -0.15) is 5.26 Å². The molecule has 0 aromatic heterocycles. The van der Waals surface area contributed by atoms with E-state index in [-0.39, 0.29) is 17.7 Å². The van der Waals surface area contributed by atoms with Crippen LogP contribution in [0.15, 0.2) is 70.7 Å². The fraction of sp³-hybridized carbons (Fsp3) is 0.115. The van der Waals surface area contributed by atoms with Gasteiger partial charge in [-0.1, -0.05) is 30.3 Å². The number of nitrogens with one attached hydrogen (secondary N) is 1. The number of benzene rings is 3. The number of anilines is 1. The molecule has 0 spiro atoms. The van der Waals surface area contributed by atoms with Crippen molar-refractivity contribution < 1.29 is 19.4 Å². The van der Waals surface area contributed by atoms with E-state index in [1.165, 1.54) is 18.2 Å². The van der Waals surface area contributed by atoms with Gasteiger partial charge in [0.05, 0.1) is 10.0 Å². The van der Waals surface area contributed by atoms with Gasteiger partial charge < -0.3 is 15.2 Å². The van der Waals surface area contributed by atoms with E-state index < -0.39 is 11.9 Å². The van der Waals surface area contributed by atoms with E-state index in [9.17, 15) is 14.9 Å². The van der Waals surface area contributed by atoms with Gasteiger partial charge in [0, 0.05) is 5.69 Å². The largest absolute Gasteiger partial charge is 0.488 e. The van der Waals surface area contributed by atoms with Crippen molar-refractivity contribution in [3.8, 4) is 11.8 Å². The lowest BCUT2D eigenvalue weighted by molar-refractivity contribution is -0.112. The second-order valence-electron chi connectivity index (χ2n) is 7.35. The summed E-state index contributed by atoms with van der Waals surface area (Å²) in [5.74, 6) is -0.881. The van der Waals surface area contributed by atoms with Crippen molar-refractivity contribution in [3.05, 3.63) is 98.5 Å². The highest BCUT2D eigenvalue weighted by Crippen LogP contribution is 2.28. The SMILES string of the molecule is Cc1cccc(NC(=O)/C(C#N)=C/c2ccc(OCc3ccc(C(=O)O)cc3)c(Br)c2)c1C. The summed E-state index contributed by atoms with van der Waals surface area (Å²) in [7, 11) is 0. The molecule has 0 aliphatic carbocycles. The molecule has 0 radical (unpaired) electrons. The van der Waals surface area contributed by atoms with Crippen LogP contribution in [0.3, 0.4) is 0 Å². The molecular formula is C26H21BrN2O4. The predicted molar refractivity (Wildman–Crippen MR) is 130 cm³/mol. The summed E-state index contributed by atoms with van der Waals surface area (Å²) in [6.45, 7) is 4.13. The van der Waals surface area contributed by atoms with Crippen LogP contribution in [0.2, 0.25) is 0 Å². The zero-order chi connectivity index (χ0) is 24.0. The molecule has 7 heteroatoms. The maximum absolute atomic E-state index is 12.6. The Labute approximate surface area is 200 Å². The first-order valence-electron chi connectivity index (χ1n) is 10.0. The minimum Gasteiger partial charge on any atom is -0.488 e. The summed E-state index contributed by atoms with van der Waals surface area (Å²) in [6.07, 6.45) is 1.51. The van der Waals surface area contributed by atoms with E-state index in [0.29, 0.717) is 21.5 Å². The number of rotatable bonds is 7. The third-order valence-corrected chi connectivity index (χ3v) is 5.70. The Balaban J connectivity index is 1.70. The number of amides is 1. The molecule has 0 bridgehead atoms. The van der Waals surface area contributed by atoms with Crippen LogP contribution in [-0.2, 0) is 11.4 Å². The summed E-state index contributed by atoms with van der Waals surface area (Å²) in [6, 6.07) is 19.2. The molecule has 3 aromatic carbocycles. The van der Waals surface area contributed by atoms with E-state index >= 15 is 0 Å². The zero-order valence-electron chi connectivity index (χ0n) is 18.1. The lowest BCUT2D eigenvalue weighted by Gasteiger charge is -2.11. The smallest absolute Gasteiger partial charge is 0.335 e. The molecule has 0 saturated carbocycles. The molecule has 0 aliphatic rings. The van der Waals surface area contributed by atoms with Crippen LogP contribution in [0, 0.1) is 25.2 Å². The number of carbonyl (C=O) groups excluding carboxylic acids is 1. The van der Waals surface area contributed by atoms with Gasteiger partial charge in [-0.15, -0.1) is 0 Å². The van der Waals surface area contributed by atoms with Gasteiger partial charge in [0.1, 0.15) is 24.0 Å². The van der Waals surface area contributed by atoms with Gasteiger partial charge in [0.15, 0.2) is 0 Å². The molecular weight excluding hydrogens is 484 g/mol. The maximum Gasteiger partial charge on any atom is 0.335 e. The van der Waals surface area contributed by atoms with E-state index in [0.717, 1.165) is 16.7 Å². The Bertz CT molecular complexity index is 1270. The molecule has 0 fully saturated rings. The maximum atomic E-state index is 12.6. The van der Waals surface area contributed by atoms with Crippen molar-refractivity contribution in [2.75, 3.05) is 5.32 Å². The minimum absolute atomic E-state index is 0.0185. The van der Waals surface area contributed by atoms with Crippen LogP contribution in [0.1, 0.15) is 32.6 Å². The highest BCUT2D eigenvalue weighted by atomic mass is 79.9. The second-order valence-corrected chi connectivity index (χ2v) is 8.21. The Morgan fingerprint density at radius 2 is 1.85 bits per heavy atom. The first-order chi connectivity index (χ1) is 15.8. The zero-order valence-corrected chi connectivity index (χ0v) is 19.6. The molecule has 1 amide bonds. The van der Waals surface area contributed by atoms with Gasteiger partial charge >= 0.3 is 5.97 Å². The summed E-state index contributed by atoms with van der Waals surface area (Å²) in [4.78, 5) is 23.6. The third-order valence-electron chi connectivity index (χ3n) is 5.08. The van der Waals surface area contributed by atoms with Crippen LogP contribution in [0.5, 0.6) is 5.75 Å². The average Bonchev–Trinajstić information content (AvgIpc) is 2.80.